The minimum absolute atomic E-state index is 0.178. The molecule has 31 heavy (non-hydrogen) atoms. The molecule has 0 unspecified atom stereocenters. The molecular weight excluding hydrogens is 459 g/mol. The number of benzene rings is 2. The first-order valence-corrected chi connectivity index (χ1v) is 10.3. The SMILES string of the molecule is Cc1cc(C)nc(NC(=NCc2ccc(Cl)cc2)NC(=O)Nc2ccc(Cl)c(Cl)c2)n1. The standard InChI is InChI=1S/C21H19Cl3N6O/c1-12-9-13(2)27-20(26-12)29-19(25-11-14-3-5-15(22)6-4-14)30-21(31)28-16-7-8-17(23)18(24)10-16/h3-10H,11H2,1-2H3,(H3,25,26,27,28,29,30,31). The maximum atomic E-state index is 12.5. The lowest BCUT2D eigenvalue weighted by atomic mass is 10.2. The second-order valence-electron chi connectivity index (χ2n) is 6.60. The Bertz CT molecular complexity index is 1100. The van der Waals surface area contributed by atoms with E-state index in [1.54, 1.807) is 30.3 Å². The van der Waals surface area contributed by atoms with Crippen molar-refractivity contribution in [3.8, 4) is 0 Å². The molecule has 2 aromatic carbocycles. The van der Waals surface area contributed by atoms with Gasteiger partial charge in [0.05, 0.1) is 16.6 Å². The molecule has 1 aromatic heterocycles. The number of hydrogen-bond acceptors (Lipinski definition) is 4. The Morgan fingerprint density at radius 3 is 2.23 bits per heavy atom. The Kier molecular flexibility index (Phi) is 7.68. The lowest BCUT2D eigenvalue weighted by Crippen LogP contribution is -2.39. The average Bonchev–Trinajstić information content (AvgIpc) is 2.69. The number of nitrogens with one attached hydrogen (secondary N) is 3. The van der Waals surface area contributed by atoms with Gasteiger partial charge in [-0.2, -0.15) is 0 Å². The van der Waals surface area contributed by atoms with E-state index in [4.69, 9.17) is 34.8 Å². The molecule has 0 saturated heterocycles. The van der Waals surface area contributed by atoms with E-state index in [-0.39, 0.29) is 5.96 Å². The van der Waals surface area contributed by atoms with Crippen LogP contribution in [0.4, 0.5) is 16.4 Å². The summed E-state index contributed by atoms with van der Waals surface area (Å²) in [7, 11) is 0. The monoisotopic (exact) mass is 476 g/mol. The normalized spacial score (nSPS) is 11.2. The van der Waals surface area contributed by atoms with Gasteiger partial charge in [-0.05, 0) is 55.8 Å². The Balaban J connectivity index is 1.77. The van der Waals surface area contributed by atoms with Crippen molar-refractivity contribution >= 4 is 58.4 Å². The molecule has 160 valence electrons. The molecule has 0 spiro atoms. The number of rotatable bonds is 4. The highest BCUT2D eigenvalue weighted by atomic mass is 35.5. The quantitative estimate of drug-likeness (QED) is 0.325. The van der Waals surface area contributed by atoms with Crippen LogP contribution in [0.25, 0.3) is 0 Å². The van der Waals surface area contributed by atoms with Crippen LogP contribution in [0.5, 0.6) is 0 Å². The lowest BCUT2D eigenvalue weighted by molar-refractivity contribution is 0.256. The second kappa shape index (κ2) is 10.4. The van der Waals surface area contributed by atoms with E-state index < -0.39 is 6.03 Å². The van der Waals surface area contributed by atoms with Crippen LogP contribution in [0.15, 0.2) is 53.5 Å². The maximum Gasteiger partial charge on any atom is 0.326 e. The van der Waals surface area contributed by atoms with E-state index in [1.807, 2.05) is 32.0 Å². The molecule has 3 rings (SSSR count). The van der Waals surface area contributed by atoms with Crippen LogP contribution < -0.4 is 16.0 Å². The van der Waals surface area contributed by atoms with Gasteiger partial charge in [-0.15, -0.1) is 0 Å². The molecule has 7 nitrogen and oxygen atoms in total. The van der Waals surface area contributed by atoms with E-state index in [2.05, 4.69) is 30.9 Å². The highest BCUT2D eigenvalue weighted by Gasteiger charge is 2.10. The van der Waals surface area contributed by atoms with Gasteiger partial charge < -0.3 is 5.32 Å². The summed E-state index contributed by atoms with van der Waals surface area (Å²) in [6.07, 6.45) is 0. The number of carbonyl (C=O) groups is 1. The first-order chi connectivity index (χ1) is 14.8. The van der Waals surface area contributed by atoms with Gasteiger partial charge in [0, 0.05) is 22.1 Å². The van der Waals surface area contributed by atoms with Crippen LogP contribution in [0.3, 0.4) is 0 Å². The molecule has 0 aliphatic rings. The van der Waals surface area contributed by atoms with Gasteiger partial charge >= 0.3 is 6.03 Å². The first kappa shape index (κ1) is 22.8. The minimum atomic E-state index is -0.523. The first-order valence-electron chi connectivity index (χ1n) is 9.20. The molecule has 3 N–H and O–H groups in total. The zero-order chi connectivity index (χ0) is 22.4. The number of halogens is 3. The van der Waals surface area contributed by atoms with Gasteiger partial charge in [-0.1, -0.05) is 46.9 Å². The number of amides is 2. The number of nitrogens with zero attached hydrogens (tertiary/aromatic N) is 3. The number of carbonyl (C=O) groups excluding carboxylic acids is 1. The molecule has 0 aliphatic carbocycles. The second-order valence-corrected chi connectivity index (χ2v) is 7.85. The molecule has 3 aromatic rings. The summed E-state index contributed by atoms with van der Waals surface area (Å²) < 4.78 is 0. The van der Waals surface area contributed by atoms with Gasteiger partial charge in [-0.25, -0.2) is 19.8 Å². The molecule has 0 aliphatic heterocycles. The third-order valence-electron chi connectivity index (χ3n) is 3.95. The molecule has 2 amide bonds. The predicted molar refractivity (Wildman–Crippen MR) is 126 cm³/mol. The van der Waals surface area contributed by atoms with Gasteiger partial charge in [0.25, 0.3) is 0 Å². The summed E-state index contributed by atoms with van der Waals surface area (Å²) in [6.45, 7) is 4.01. The predicted octanol–water partition coefficient (Wildman–Crippen LogP) is 5.84. The summed E-state index contributed by atoms with van der Waals surface area (Å²) in [5, 5.41) is 9.68. The fraction of sp³-hybridized carbons (Fsp3) is 0.143. The number of aryl methyl sites for hydroxylation is 2. The largest absolute Gasteiger partial charge is 0.326 e. The molecule has 10 heteroatoms. The molecule has 0 atom stereocenters. The van der Waals surface area contributed by atoms with Crippen molar-refractivity contribution in [2.75, 3.05) is 10.6 Å². The van der Waals surface area contributed by atoms with Crippen LogP contribution >= 0.6 is 34.8 Å². The number of aromatic nitrogens is 2. The third kappa shape index (κ3) is 7.10. The zero-order valence-electron chi connectivity index (χ0n) is 16.7. The number of aliphatic imine (C=N–C) groups is 1. The Labute approximate surface area is 194 Å². The van der Waals surface area contributed by atoms with Crippen LogP contribution in [0.1, 0.15) is 17.0 Å². The van der Waals surface area contributed by atoms with Crippen molar-refractivity contribution in [1.82, 2.24) is 15.3 Å². The molecular formula is C21H19Cl3N6O. The van der Waals surface area contributed by atoms with Gasteiger partial charge in [0.2, 0.25) is 11.9 Å². The van der Waals surface area contributed by atoms with Crippen molar-refractivity contribution < 1.29 is 4.79 Å². The molecule has 0 bridgehead atoms. The Morgan fingerprint density at radius 2 is 1.58 bits per heavy atom. The highest BCUT2D eigenvalue weighted by Crippen LogP contribution is 2.24. The van der Waals surface area contributed by atoms with Gasteiger partial charge in [-0.3, -0.25) is 10.6 Å². The van der Waals surface area contributed by atoms with Crippen LogP contribution in [0.2, 0.25) is 15.1 Å². The Hall–Kier alpha value is -2.87. The smallest absolute Gasteiger partial charge is 0.308 e. The molecule has 0 radical (unpaired) electrons. The summed E-state index contributed by atoms with van der Waals surface area (Å²) >= 11 is 17.8. The van der Waals surface area contributed by atoms with Crippen molar-refractivity contribution in [3.05, 3.63) is 80.6 Å². The summed E-state index contributed by atoms with van der Waals surface area (Å²) in [6, 6.07) is 13.4. The lowest BCUT2D eigenvalue weighted by Gasteiger charge is -2.13. The fourth-order valence-corrected chi connectivity index (χ4v) is 3.03. The van der Waals surface area contributed by atoms with Gasteiger partial charge in [0.15, 0.2) is 0 Å². The summed E-state index contributed by atoms with van der Waals surface area (Å²) in [5.41, 5.74) is 2.96. The average molecular weight is 478 g/mol. The number of anilines is 2. The topological polar surface area (TPSA) is 91.3 Å². The van der Waals surface area contributed by atoms with Gasteiger partial charge in [0.1, 0.15) is 0 Å². The van der Waals surface area contributed by atoms with Crippen molar-refractivity contribution in [2.45, 2.75) is 20.4 Å². The molecule has 1 heterocycles. The van der Waals surface area contributed by atoms with Crippen LogP contribution in [-0.2, 0) is 6.54 Å². The molecule has 0 fully saturated rings. The van der Waals surface area contributed by atoms with E-state index >= 15 is 0 Å². The van der Waals surface area contributed by atoms with Crippen LogP contribution in [0, 0.1) is 13.8 Å². The van der Waals surface area contributed by atoms with E-state index in [0.29, 0.717) is 33.2 Å². The van der Waals surface area contributed by atoms with Crippen molar-refractivity contribution in [1.29, 1.82) is 0 Å². The summed E-state index contributed by atoms with van der Waals surface area (Å²) in [4.78, 5) is 25.6. The highest BCUT2D eigenvalue weighted by molar-refractivity contribution is 6.42. The Morgan fingerprint density at radius 1 is 0.903 bits per heavy atom. The number of hydrogen-bond donors (Lipinski definition) is 3. The summed E-state index contributed by atoms with van der Waals surface area (Å²) in [5.74, 6) is 0.500. The van der Waals surface area contributed by atoms with Crippen LogP contribution in [-0.4, -0.2) is 22.0 Å². The minimum Gasteiger partial charge on any atom is -0.308 e. The maximum absolute atomic E-state index is 12.5. The van der Waals surface area contributed by atoms with E-state index in [9.17, 15) is 4.79 Å². The molecule has 0 saturated carbocycles. The van der Waals surface area contributed by atoms with E-state index in [1.165, 1.54) is 0 Å². The number of guanidine groups is 1. The van der Waals surface area contributed by atoms with Crippen molar-refractivity contribution in [2.24, 2.45) is 4.99 Å². The van der Waals surface area contributed by atoms with E-state index in [0.717, 1.165) is 17.0 Å². The zero-order valence-corrected chi connectivity index (χ0v) is 19.0. The number of urea groups is 1. The fourth-order valence-electron chi connectivity index (χ4n) is 2.60. The third-order valence-corrected chi connectivity index (χ3v) is 4.95. The van der Waals surface area contributed by atoms with Crippen molar-refractivity contribution in [3.63, 3.8) is 0 Å².